The van der Waals surface area contributed by atoms with Crippen LogP contribution in [0, 0.1) is 0 Å². The van der Waals surface area contributed by atoms with Crippen molar-refractivity contribution in [3.05, 3.63) is 64.7 Å². The van der Waals surface area contributed by atoms with E-state index in [0.717, 1.165) is 23.3 Å². The second kappa shape index (κ2) is 10.2. The van der Waals surface area contributed by atoms with Gasteiger partial charge in [-0.3, -0.25) is 4.90 Å². The molecular weight excluding hydrogens is 453 g/mol. The summed E-state index contributed by atoms with van der Waals surface area (Å²) in [6, 6.07) is 10.2. The van der Waals surface area contributed by atoms with Gasteiger partial charge in [-0.1, -0.05) is 18.2 Å². The molecule has 186 valence electrons. The number of carbonyl (C=O) groups excluding carboxylic acids is 1. The molecule has 0 bridgehead atoms. The standard InChI is InChI=1S/C24H29F3N2O5/c1-23(2,3)34-22(31)29-11-10-16-13-18(8-9-19(16)20(29)28-21(30)32-4)33-14-15-6-5-7-17(12-15)24(25,26)27/h5-9,12-13,20-21,28,30H,10-11,14H2,1-4H3/t20-,21?/m1/s1. The lowest BCUT2D eigenvalue weighted by Gasteiger charge is -2.39. The van der Waals surface area contributed by atoms with Gasteiger partial charge in [-0.05, 0) is 68.1 Å². The van der Waals surface area contributed by atoms with Crippen LogP contribution in [-0.4, -0.2) is 41.8 Å². The van der Waals surface area contributed by atoms with Crippen LogP contribution >= 0.6 is 0 Å². The lowest BCUT2D eigenvalue weighted by atomic mass is 9.96. The number of halogens is 3. The zero-order chi connectivity index (χ0) is 25.1. The highest BCUT2D eigenvalue weighted by Gasteiger charge is 2.35. The number of nitrogens with zero attached hydrogens (tertiary/aromatic N) is 1. The van der Waals surface area contributed by atoms with Crippen molar-refractivity contribution in [2.45, 2.75) is 58.2 Å². The molecule has 2 aromatic rings. The van der Waals surface area contributed by atoms with Crippen molar-refractivity contribution in [2.75, 3.05) is 13.7 Å². The molecule has 1 amide bonds. The van der Waals surface area contributed by atoms with Gasteiger partial charge < -0.3 is 19.3 Å². The maximum atomic E-state index is 12.9. The zero-order valence-electron chi connectivity index (χ0n) is 19.5. The smallest absolute Gasteiger partial charge is 0.416 e. The minimum atomic E-state index is -4.42. The summed E-state index contributed by atoms with van der Waals surface area (Å²) in [4.78, 5) is 14.2. The van der Waals surface area contributed by atoms with E-state index in [1.165, 1.54) is 18.1 Å². The largest absolute Gasteiger partial charge is 0.489 e. The van der Waals surface area contributed by atoms with Gasteiger partial charge in [-0.2, -0.15) is 13.2 Å². The number of rotatable bonds is 6. The van der Waals surface area contributed by atoms with E-state index in [9.17, 15) is 23.1 Å². The van der Waals surface area contributed by atoms with Crippen LogP contribution in [0.2, 0.25) is 0 Å². The summed E-state index contributed by atoms with van der Waals surface area (Å²) in [5.74, 6) is 0.480. The Balaban J connectivity index is 1.79. The van der Waals surface area contributed by atoms with Crippen molar-refractivity contribution in [2.24, 2.45) is 0 Å². The van der Waals surface area contributed by atoms with Crippen LogP contribution in [0.4, 0.5) is 18.0 Å². The van der Waals surface area contributed by atoms with E-state index in [1.807, 2.05) is 0 Å². The number of benzene rings is 2. The fourth-order valence-corrected chi connectivity index (χ4v) is 3.60. The number of hydrogen-bond donors (Lipinski definition) is 2. The number of hydrogen-bond acceptors (Lipinski definition) is 6. The Labute approximate surface area is 196 Å². The number of ether oxygens (including phenoxy) is 3. The average Bonchev–Trinajstić information content (AvgIpc) is 2.76. The van der Waals surface area contributed by atoms with Gasteiger partial charge >= 0.3 is 12.3 Å². The summed E-state index contributed by atoms with van der Waals surface area (Å²) in [6.45, 7) is 5.58. The highest BCUT2D eigenvalue weighted by molar-refractivity contribution is 5.69. The van der Waals surface area contributed by atoms with Crippen LogP contribution in [0.15, 0.2) is 42.5 Å². The van der Waals surface area contributed by atoms with Crippen LogP contribution < -0.4 is 10.1 Å². The van der Waals surface area contributed by atoms with Gasteiger partial charge in [0.2, 0.25) is 6.41 Å². The summed E-state index contributed by atoms with van der Waals surface area (Å²) in [5, 5.41) is 12.8. The van der Waals surface area contributed by atoms with Gasteiger partial charge in [-0.25, -0.2) is 10.1 Å². The van der Waals surface area contributed by atoms with E-state index in [4.69, 9.17) is 14.2 Å². The van der Waals surface area contributed by atoms with Crippen LogP contribution in [-0.2, 0) is 28.7 Å². The second-order valence-corrected chi connectivity index (χ2v) is 8.93. The third kappa shape index (κ3) is 6.62. The van der Waals surface area contributed by atoms with E-state index in [-0.39, 0.29) is 6.61 Å². The molecule has 34 heavy (non-hydrogen) atoms. The molecule has 1 unspecified atom stereocenters. The van der Waals surface area contributed by atoms with Crippen molar-refractivity contribution < 1.29 is 37.3 Å². The van der Waals surface area contributed by atoms with Crippen molar-refractivity contribution in [1.82, 2.24) is 10.2 Å². The van der Waals surface area contributed by atoms with Gasteiger partial charge in [-0.15, -0.1) is 0 Å². The van der Waals surface area contributed by atoms with E-state index < -0.39 is 36.0 Å². The van der Waals surface area contributed by atoms with Crippen molar-refractivity contribution in [3.8, 4) is 5.75 Å². The molecule has 2 aromatic carbocycles. The average molecular weight is 482 g/mol. The summed E-state index contributed by atoms with van der Waals surface area (Å²) in [7, 11) is 1.32. The molecule has 0 aliphatic carbocycles. The summed E-state index contributed by atoms with van der Waals surface area (Å²) < 4.78 is 55.0. The number of amides is 1. The fourth-order valence-electron chi connectivity index (χ4n) is 3.60. The lowest BCUT2D eigenvalue weighted by Crippen LogP contribution is -2.51. The number of aliphatic hydroxyl groups excluding tert-OH is 1. The van der Waals surface area contributed by atoms with E-state index in [1.54, 1.807) is 45.0 Å². The van der Waals surface area contributed by atoms with Gasteiger partial charge in [0.05, 0.1) is 5.56 Å². The van der Waals surface area contributed by atoms with Crippen LogP contribution in [0.3, 0.4) is 0 Å². The SMILES string of the molecule is COC(O)N[C@H]1c2ccc(OCc3cccc(C(F)(F)F)c3)cc2CCN1C(=O)OC(C)(C)C. The molecule has 0 saturated carbocycles. The van der Waals surface area contributed by atoms with E-state index in [0.29, 0.717) is 24.3 Å². The maximum Gasteiger partial charge on any atom is 0.416 e. The Morgan fingerprint density at radius 1 is 1.21 bits per heavy atom. The highest BCUT2D eigenvalue weighted by atomic mass is 19.4. The number of alkyl halides is 3. The first-order valence-corrected chi connectivity index (χ1v) is 10.8. The number of methoxy groups -OCH3 is 1. The number of nitrogens with one attached hydrogen (secondary N) is 1. The molecule has 0 aromatic heterocycles. The molecule has 1 aliphatic heterocycles. The molecule has 2 N–H and O–H groups in total. The monoisotopic (exact) mass is 482 g/mol. The summed E-state index contributed by atoms with van der Waals surface area (Å²) >= 11 is 0. The molecular formula is C24H29F3N2O5. The van der Waals surface area contributed by atoms with Crippen molar-refractivity contribution in [3.63, 3.8) is 0 Å². The predicted molar refractivity (Wildman–Crippen MR) is 118 cm³/mol. The highest BCUT2D eigenvalue weighted by Crippen LogP contribution is 2.33. The molecule has 1 heterocycles. The quantitative estimate of drug-likeness (QED) is 0.587. The zero-order valence-corrected chi connectivity index (χ0v) is 19.5. The number of fused-ring (bicyclic) bond motifs is 1. The first-order valence-electron chi connectivity index (χ1n) is 10.8. The summed E-state index contributed by atoms with van der Waals surface area (Å²) in [5.41, 5.74) is 0.559. The fraction of sp³-hybridized carbons (Fsp3) is 0.458. The first kappa shape index (κ1) is 25.8. The molecule has 7 nitrogen and oxygen atoms in total. The van der Waals surface area contributed by atoms with E-state index in [2.05, 4.69) is 5.32 Å². The van der Waals surface area contributed by atoms with Crippen LogP contribution in [0.5, 0.6) is 5.75 Å². The molecule has 0 saturated heterocycles. The predicted octanol–water partition coefficient (Wildman–Crippen LogP) is 4.59. The van der Waals surface area contributed by atoms with Gasteiger partial charge in [0.15, 0.2) is 0 Å². The van der Waals surface area contributed by atoms with Crippen molar-refractivity contribution in [1.29, 1.82) is 0 Å². The topological polar surface area (TPSA) is 80.3 Å². The van der Waals surface area contributed by atoms with E-state index >= 15 is 0 Å². The van der Waals surface area contributed by atoms with Gasteiger partial charge in [0.25, 0.3) is 0 Å². The molecule has 0 spiro atoms. The van der Waals surface area contributed by atoms with Crippen molar-refractivity contribution >= 4 is 6.09 Å². The molecule has 1 aliphatic rings. The minimum Gasteiger partial charge on any atom is -0.489 e. The number of aliphatic hydroxyl groups is 1. The van der Waals surface area contributed by atoms with Gasteiger partial charge in [0, 0.05) is 13.7 Å². The Kier molecular flexibility index (Phi) is 7.74. The Morgan fingerprint density at radius 3 is 2.59 bits per heavy atom. The summed E-state index contributed by atoms with van der Waals surface area (Å²) in [6.07, 6.45) is -6.50. The van der Waals surface area contributed by atoms with Crippen LogP contribution in [0.1, 0.15) is 49.2 Å². The molecule has 10 heteroatoms. The number of carbonyl (C=O) groups is 1. The molecule has 2 atom stereocenters. The molecule has 3 rings (SSSR count). The minimum absolute atomic E-state index is 0.0309. The lowest BCUT2D eigenvalue weighted by molar-refractivity contribution is -0.137. The van der Waals surface area contributed by atoms with Gasteiger partial charge in [0.1, 0.15) is 24.1 Å². The Hall–Kier alpha value is -2.82. The Bertz CT molecular complexity index is 1010. The normalized spacial score (nSPS) is 17.2. The maximum absolute atomic E-state index is 12.9. The van der Waals surface area contributed by atoms with Crippen LogP contribution in [0.25, 0.3) is 0 Å². The molecule has 0 radical (unpaired) electrons. The molecule has 0 fully saturated rings. The Morgan fingerprint density at radius 2 is 1.94 bits per heavy atom. The first-order chi connectivity index (χ1) is 15.9. The third-order valence-electron chi connectivity index (χ3n) is 5.15. The second-order valence-electron chi connectivity index (χ2n) is 8.93. The third-order valence-corrected chi connectivity index (χ3v) is 5.15.